The third-order valence-corrected chi connectivity index (χ3v) is 1.57. The van der Waals surface area contributed by atoms with Gasteiger partial charge in [-0.2, -0.15) is 0 Å². The van der Waals surface area contributed by atoms with Crippen LogP contribution in [0.4, 0.5) is 0 Å². The third-order valence-electron chi connectivity index (χ3n) is 1.57. The quantitative estimate of drug-likeness (QED) is 0.629. The Morgan fingerprint density at radius 3 is 2.83 bits per heavy atom. The van der Waals surface area contributed by atoms with Crippen molar-refractivity contribution in [3.8, 4) is 11.3 Å². The molecule has 2 heterocycles. The molecule has 2 aromatic rings. The highest BCUT2D eigenvalue weighted by Gasteiger charge is 1.94. The van der Waals surface area contributed by atoms with E-state index in [2.05, 4.69) is 16.2 Å². The molecule has 1 radical (unpaired) electrons. The molecule has 0 aliphatic heterocycles. The highest BCUT2D eigenvalue weighted by atomic mass is 14.7. The van der Waals surface area contributed by atoms with Crippen molar-refractivity contribution >= 4 is 0 Å². The zero-order valence-electron chi connectivity index (χ0n) is 6.44. The average Bonchev–Trinajstić information content (AvgIpc) is 2.21. The molecule has 57 valence electrons. The Hall–Kier alpha value is -1.70. The minimum atomic E-state index is 0.908. The van der Waals surface area contributed by atoms with Gasteiger partial charge in [-0.1, -0.05) is 6.07 Å². The molecule has 0 saturated heterocycles. The third kappa shape index (κ3) is 1.32. The molecule has 2 nitrogen and oxygen atoms in total. The summed E-state index contributed by atoms with van der Waals surface area (Å²) < 4.78 is 0. The van der Waals surface area contributed by atoms with Gasteiger partial charge in [-0.25, -0.2) is 4.98 Å². The molecule has 0 aromatic carbocycles. The largest absolute Gasteiger partial charge is 0.264 e. The Balaban J connectivity index is 2.46. The second-order valence-corrected chi connectivity index (χ2v) is 2.39. The monoisotopic (exact) mass is 155 g/mol. The molecule has 0 saturated carbocycles. The smallest absolute Gasteiger partial charge is 0.0893 e. The van der Waals surface area contributed by atoms with Crippen LogP contribution in [0.1, 0.15) is 0 Å². The molecule has 12 heavy (non-hydrogen) atoms. The Labute approximate surface area is 70.9 Å². The van der Waals surface area contributed by atoms with Gasteiger partial charge in [0.1, 0.15) is 0 Å². The molecule has 2 aromatic heterocycles. The zero-order chi connectivity index (χ0) is 8.23. The highest BCUT2D eigenvalue weighted by molar-refractivity contribution is 5.56. The normalized spacial score (nSPS) is 9.67. The van der Waals surface area contributed by atoms with Crippen molar-refractivity contribution in [2.75, 3.05) is 0 Å². The van der Waals surface area contributed by atoms with Crippen molar-refractivity contribution in [2.24, 2.45) is 0 Å². The van der Waals surface area contributed by atoms with Gasteiger partial charge in [-0.15, -0.1) is 0 Å². The first-order valence-electron chi connectivity index (χ1n) is 3.70. The summed E-state index contributed by atoms with van der Waals surface area (Å²) in [7, 11) is 0. The molecule has 0 spiro atoms. The number of pyridine rings is 2. The van der Waals surface area contributed by atoms with Crippen molar-refractivity contribution in [3.63, 3.8) is 0 Å². The molecule has 0 bridgehead atoms. The van der Waals surface area contributed by atoms with Crippen LogP contribution in [0.5, 0.6) is 0 Å². The van der Waals surface area contributed by atoms with Crippen molar-refractivity contribution < 1.29 is 0 Å². The standard InChI is InChI=1S/C10H7N2/c1-2-7-12-10(5-1)9-4-3-6-11-8-9/h1-6,8H. The van der Waals surface area contributed by atoms with Crippen molar-refractivity contribution in [1.29, 1.82) is 0 Å². The number of hydrogen-bond donors (Lipinski definition) is 0. The van der Waals surface area contributed by atoms with Crippen LogP contribution in [-0.4, -0.2) is 9.97 Å². The first kappa shape index (κ1) is 6.98. The van der Waals surface area contributed by atoms with E-state index < -0.39 is 0 Å². The maximum atomic E-state index is 4.08. The van der Waals surface area contributed by atoms with Crippen molar-refractivity contribution in [2.45, 2.75) is 0 Å². The lowest BCUT2D eigenvalue weighted by atomic mass is 10.2. The van der Waals surface area contributed by atoms with Gasteiger partial charge in [0, 0.05) is 18.0 Å². The van der Waals surface area contributed by atoms with E-state index >= 15 is 0 Å². The van der Waals surface area contributed by atoms with Crippen molar-refractivity contribution in [3.05, 3.63) is 48.9 Å². The molecule has 0 fully saturated rings. The second-order valence-electron chi connectivity index (χ2n) is 2.39. The second kappa shape index (κ2) is 3.13. The van der Waals surface area contributed by atoms with Crippen LogP contribution in [-0.2, 0) is 0 Å². The van der Waals surface area contributed by atoms with E-state index in [1.165, 1.54) is 0 Å². The first-order chi connectivity index (χ1) is 5.97. The summed E-state index contributed by atoms with van der Waals surface area (Å²) in [5, 5.41) is 0. The Bertz CT molecular complexity index is 305. The number of nitrogens with zero attached hydrogens (tertiary/aromatic N) is 2. The van der Waals surface area contributed by atoms with E-state index in [4.69, 9.17) is 0 Å². The first-order valence-corrected chi connectivity index (χ1v) is 3.70. The SMILES string of the molecule is [c]1cccc(-c2cccnc2)n1. The fraction of sp³-hybridized carbons (Fsp3) is 0. The summed E-state index contributed by atoms with van der Waals surface area (Å²) in [6.45, 7) is 0. The van der Waals surface area contributed by atoms with E-state index in [0.717, 1.165) is 11.3 Å². The van der Waals surface area contributed by atoms with Crippen LogP contribution in [0.2, 0.25) is 0 Å². The molecular weight excluding hydrogens is 148 g/mol. The van der Waals surface area contributed by atoms with E-state index in [0.29, 0.717) is 0 Å². The van der Waals surface area contributed by atoms with Crippen LogP contribution in [0.15, 0.2) is 42.7 Å². The van der Waals surface area contributed by atoms with Gasteiger partial charge in [0.25, 0.3) is 0 Å². The lowest BCUT2D eigenvalue weighted by molar-refractivity contribution is 1.27. The maximum absolute atomic E-state index is 4.08. The maximum Gasteiger partial charge on any atom is 0.0893 e. The summed E-state index contributed by atoms with van der Waals surface area (Å²) >= 11 is 0. The minimum Gasteiger partial charge on any atom is -0.264 e. The minimum absolute atomic E-state index is 0.908. The fourth-order valence-electron chi connectivity index (χ4n) is 1.00. The van der Waals surface area contributed by atoms with Crippen LogP contribution >= 0.6 is 0 Å². The van der Waals surface area contributed by atoms with E-state index in [9.17, 15) is 0 Å². The molecule has 0 aliphatic carbocycles. The molecule has 0 aliphatic rings. The summed E-state index contributed by atoms with van der Waals surface area (Å²) in [6.07, 6.45) is 6.32. The van der Waals surface area contributed by atoms with Gasteiger partial charge in [0.05, 0.1) is 11.9 Å². The van der Waals surface area contributed by atoms with E-state index in [1.807, 2.05) is 24.3 Å². The van der Waals surface area contributed by atoms with Crippen LogP contribution in [0.3, 0.4) is 0 Å². The van der Waals surface area contributed by atoms with Gasteiger partial charge in [0.15, 0.2) is 0 Å². The molecular formula is C10H7N2. The topological polar surface area (TPSA) is 25.8 Å². The summed E-state index contributed by atoms with van der Waals surface area (Å²) in [4.78, 5) is 8.09. The lowest BCUT2D eigenvalue weighted by Gasteiger charge is -1.96. The predicted octanol–water partition coefficient (Wildman–Crippen LogP) is 1.94. The van der Waals surface area contributed by atoms with Crippen LogP contribution < -0.4 is 0 Å². The summed E-state index contributed by atoms with van der Waals surface area (Å²) in [5.41, 5.74) is 1.93. The average molecular weight is 155 g/mol. The fourth-order valence-corrected chi connectivity index (χ4v) is 1.00. The van der Waals surface area contributed by atoms with E-state index in [-0.39, 0.29) is 0 Å². The van der Waals surface area contributed by atoms with Gasteiger partial charge < -0.3 is 0 Å². The molecule has 0 atom stereocenters. The van der Waals surface area contributed by atoms with Crippen LogP contribution in [0.25, 0.3) is 11.3 Å². The van der Waals surface area contributed by atoms with Gasteiger partial charge in [-0.3, -0.25) is 4.98 Å². The Morgan fingerprint density at radius 2 is 2.17 bits per heavy atom. The molecule has 2 rings (SSSR count). The van der Waals surface area contributed by atoms with Gasteiger partial charge in [-0.05, 0) is 24.3 Å². The Kier molecular flexibility index (Phi) is 1.82. The van der Waals surface area contributed by atoms with Gasteiger partial charge in [0.2, 0.25) is 0 Å². The predicted molar refractivity (Wildman–Crippen MR) is 46.3 cm³/mol. The molecule has 0 N–H and O–H groups in total. The number of aromatic nitrogens is 2. The molecule has 0 unspecified atom stereocenters. The zero-order valence-corrected chi connectivity index (χ0v) is 6.44. The lowest BCUT2D eigenvalue weighted by Crippen LogP contribution is -1.81. The highest BCUT2D eigenvalue weighted by Crippen LogP contribution is 2.12. The van der Waals surface area contributed by atoms with E-state index in [1.54, 1.807) is 18.5 Å². The van der Waals surface area contributed by atoms with Crippen LogP contribution in [0, 0.1) is 6.20 Å². The van der Waals surface area contributed by atoms with Gasteiger partial charge >= 0.3 is 0 Å². The summed E-state index contributed by atoms with van der Waals surface area (Å²) in [6, 6.07) is 9.50. The van der Waals surface area contributed by atoms with Crippen molar-refractivity contribution in [1.82, 2.24) is 9.97 Å². The summed E-state index contributed by atoms with van der Waals surface area (Å²) in [5.74, 6) is 0. The Morgan fingerprint density at radius 1 is 1.17 bits per heavy atom. The molecule has 0 amide bonds. The molecule has 2 heteroatoms. The number of hydrogen-bond acceptors (Lipinski definition) is 2. The number of rotatable bonds is 1.